The van der Waals surface area contributed by atoms with Crippen molar-refractivity contribution in [2.75, 3.05) is 0 Å². The summed E-state index contributed by atoms with van der Waals surface area (Å²) in [5.74, 6) is 1.07. The molecule has 0 fully saturated rings. The molecule has 92 valence electrons. The molecular weight excluding hydrogens is 204 g/mol. The van der Waals surface area contributed by atoms with E-state index in [4.69, 9.17) is 0 Å². The molecule has 0 saturated carbocycles. The normalized spacial score (nSPS) is 21.6. The molecule has 0 aliphatic heterocycles. The minimum absolute atomic E-state index is 0.409. The topological polar surface area (TPSA) is 0 Å². The fourth-order valence-corrected chi connectivity index (χ4v) is 2.31. The highest BCUT2D eigenvalue weighted by Crippen LogP contribution is 2.30. The maximum Gasteiger partial charge on any atom is 0.0225 e. The predicted octanol–water partition coefficient (Wildman–Crippen LogP) is 5.22. The van der Waals surface area contributed by atoms with Crippen LogP contribution in [0.15, 0.2) is 60.8 Å². The molecule has 0 heterocycles. The molecule has 2 atom stereocenters. The highest BCUT2D eigenvalue weighted by Gasteiger charge is 2.16. The monoisotopic (exact) mass is 228 g/mol. The van der Waals surface area contributed by atoms with Crippen LogP contribution in [0.1, 0.15) is 33.1 Å². The van der Waals surface area contributed by atoms with E-state index in [2.05, 4.69) is 57.4 Å². The second-order valence-electron chi connectivity index (χ2n) is 4.82. The Labute approximate surface area is 106 Å². The molecule has 0 saturated heterocycles. The molecule has 1 aliphatic carbocycles. The van der Waals surface area contributed by atoms with E-state index in [1.165, 1.54) is 11.1 Å². The summed E-state index contributed by atoms with van der Waals surface area (Å²) < 4.78 is 0. The Bertz CT molecular complexity index is 352. The van der Waals surface area contributed by atoms with Crippen LogP contribution in [0.4, 0.5) is 0 Å². The number of hydrogen-bond donors (Lipinski definition) is 0. The Morgan fingerprint density at radius 2 is 2.24 bits per heavy atom. The van der Waals surface area contributed by atoms with E-state index in [9.17, 15) is 0 Å². The average molecular weight is 228 g/mol. The first-order valence-corrected chi connectivity index (χ1v) is 6.52. The van der Waals surface area contributed by atoms with Crippen molar-refractivity contribution in [3.8, 4) is 0 Å². The SMILES string of the molecule is C=CCC(C)CC(=CCC)C1C=CC=CC1=C. The summed E-state index contributed by atoms with van der Waals surface area (Å²) in [6, 6.07) is 0. The van der Waals surface area contributed by atoms with Gasteiger partial charge in [0.25, 0.3) is 0 Å². The van der Waals surface area contributed by atoms with Crippen LogP contribution < -0.4 is 0 Å². The predicted molar refractivity (Wildman–Crippen MR) is 77.9 cm³/mol. The molecule has 2 unspecified atom stereocenters. The summed E-state index contributed by atoms with van der Waals surface area (Å²) in [4.78, 5) is 0. The minimum atomic E-state index is 0.409. The molecular formula is C17H24. The lowest BCUT2D eigenvalue weighted by Gasteiger charge is -2.22. The van der Waals surface area contributed by atoms with Crippen molar-refractivity contribution < 1.29 is 0 Å². The Morgan fingerprint density at radius 1 is 1.47 bits per heavy atom. The van der Waals surface area contributed by atoms with E-state index in [0.29, 0.717) is 11.8 Å². The zero-order valence-corrected chi connectivity index (χ0v) is 11.2. The quantitative estimate of drug-likeness (QED) is 0.546. The first-order chi connectivity index (χ1) is 8.19. The second kappa shape index (κ2) is 7.11. The largest absolute Gasteiger partial charge is 0.103 e. The van der Waals surface area contributed by atoms with Gasteiger partial charge in [-0.15, -0.1) is 6.58 Å². The lowest BCUT2D eigenvalue weighted by molar-refractivity contribution is 0.564. The van der Waals surface area contributed by atoms with Crippen molar-refractivity contribution in [2.45, 2.75) is 33.1 Å². The smallest absolute Gasteiger partial charge is 0.0225 e. The standard InChI is InChI=1S/C17H24/c1-5-9-14(3)13-16(10-6-2)17-12-8-7-11-15(17)4/h5,7-8,10-12,14,17H,1,4,6,9,13H2,2-3H3. The van der Waals surface area contributed by atoms with E-state index >= 15 is 0 Å². The molecule has 0 heteroatoms. The van der Waals surface area contributed by atoms with Gasteiger partial charge in [0.15, 0.2) is 0 Å². The lowest BCUT2D eigenvalue weighted by atomic mass is 9.83. The number of rotatable bonds is 6. The van der Waals surface area contributed by atoms with Crippen LogP contribution in [0, 0.1) is 11.8 Å². The Balaban J connectivity index is 2.76. The van der Waals surface area contributed by atoms with Gasteiger partial charge in [-0.25, -0.2) is 0 Å². The molecule has 0 aromatic heterocycles. The minimum Gasteiger partial charge on any atom is -0.103 e. The summed E-state index contributed by atoms with van der Waals surface area (Å²) in [5.41, 5.74) is 2.71. The van der Waals surface area contributed by atoms with Crippen molar-refractivity contribution >= 4 is 0 Å². The average Bonchev–Trinajstić information content (AvgIpc) is 2.29. The molecule has 0 N–H and O–H groups in total. The van der Waals surface area contributed by atoms with Crippen LogP contribution >= 0.6 is 0 Å². The van der Waals surface area contributed by atoms with E-state index in [1.54, 1.807) is 0 Å². The second-order valence-corrected chi connectivity index (χ2v) is 4.82. The summed E-state index contributed by atoms with van der Waals surface area (Å²) in [6.45, 7) is 12.5. The van der Waals surface area contributed by atoms with E-state index in [1.807, 2.05) is 6.08 Å². The van der Waals surface area contributed by atoms with Crippen LogP contribution in [-0.4, -0.2) is 0 Å². The molecule has 0 spiro atoms. The van der Waals surface area contributed by atoms with Gasteiger partial charge < -0.3 is 0 Å². The fourth-order valence-electron chi connectivity index (χ4n) is 2.31. The molecule has 0 amide bonds. The van der Waals surface area contributed by atoms with Gasteiger partial charge >= 0.3 is 0 Å². The fraction of sp³-hybridized carbons (Fsp3) is 0.412. The lowest BCUT2D eigenvalue weighted by Crippen LogP contribution is -2.08. The first-order valence-electron chi connectivity index (χ1n) is 6.52. The maximum atomic E-state index is 4.15. The third-order valence-corrected chi connectivity index (χ3v) is 3.14. The Hall–Kier alpha value is -1.30. The van der Waals surface area contributed by atoms with Crippen LogP contribution in [-0.2, 0) is 0 Å². The van der Waals surface area contributed by atoms with Gasteiger partial charge in [-0.2, -0.15) is 0 Å². The molecule has 0 radical (unpaired) electrons. The van der Waals surface area contributed by atoms with Gasteiger partial charge in [-0.1, -0.05) is 62.5 Å². The Kier molecular flexibility index (Phi) is 5.76. The van der Waals surface area contributed by atoms with Gasteiger partial charge in [0.2, 0.25) is 0 Å². The van der Waals surface area contributed by atoms with Gasteiger partial charge in [-0.05, 0) is 30.8 Å². The first kappa shape index (κ1) is 13.8. The summed E-state index contributed by atoms with van der Waals surface area (Å²) in [5, 5.41) is 0. The van der Waals surface area contributed by atoms with E-state index in [0.717, 1.165) is 19.3 Å². The van der Waals surface area contributed by atoms with Crippen LogP contribution in [0.5, 0.6) is 0 Å². The summed E-state index contributed by atoms with van der Waals surface area (Å²) in [6.07, 6.45) is 16.3. The van der Waals surface area contributed by atoms with Gasteiger partial charge in [0.05, 0.1) is 0 Å². The van der Waals surface area contributed by atoms with Crippen LogP contribution in [0.2, 0.25) is 0 Å². The van der Waals surface area contributed by atoms with Crippen LogP contribution in [0.25, 0.3) is 0 Å². The molecule has 1 rings (SSSR count). The molecule has 1 aliphatic rings. The van der Waals surface area contributed by atoms with E-state index < -0.39 is 0 Å². The molecule has 0 nitrogen and oxygen atoms in total. The van der Waals surface area contributed by atoms with Gasteiger partial charge in [0, 0.05) is 5.92 Å². The molecule has 17 heavy (non-hydrogen) atoms. The zero-order valence-electron chi connectivity index (χ0n) is 11.2. The third-order valence-electron chi connectivity index (χ3n) is 3.14. The van der Waals surface area contributed by atoms with Crippen molar-refractivity contribution in [3.05, 3.63) is 60.8 Å². The van der Waals surface area contributed by atoms with Crippen molar-refractivity contribution in [1.29, 1.82) is 0 Å². The third kappa shape index (κ3) is 4.22. The maximum absolute atomic E-state index is 4.15. The summed E-state index contributed by atoms with van der Waals surface area (Å²) in [7, 11) is 0. The van der Waals surface area contributed by atoms with Crippen molar-refractivity contribution in [2.24, 2.45) is 11.8 Å². The molecule has 0 aromatic carbocycles. The highest BCUT2D eigenvalue weighted by molar-refractivity contribution is 5.38. The van der Waals surface area contributed by atoms with E-state index in [-0.39, 0.29) is 0 Å². The number of hydrogen-bond acceptors (Lipinski definition) is 0. The van der Waals surface area contributed by atoms with Gasteiger partial charge in [0.1, 0.15) is 0 Å². The Morgan fingerprint density at radius 3 is 2.82 bits per heavy atom. The van der Waals surface area contributed by atoms with Crippen molar-refractivity contribution in [3.63, 3.8) is 0 Å². The van der Waals surface area contributed by atoms with Crippen LogP contribution in [0.3, 0.4) is 0 Å². The number of allylic oxidation sites excluding steroid dienone is 8. The van der Waals surface area contributed by atoms with Crippen molar-refractivity contribution in [1.82, 2.24) is 0 Å². The highest BCUT2D eigenvalue weighted by atomic mass is 14.2. The van der Waals surface area contributed by atoms with Gasteiger partial charge in [-0.3, -0.25) is 0 Å². The molecule has 0 aromatic rings. The summed E-state index contributed by atoms with van der Waals surface area (Å²) >= 11 is 0. The zero-order chi connectivity index (χ0) is 12.7. The molecule has 0 bridgehead atoms.